The Morgan fingerprint density at radius 2 is 2.03 bits per heavy atom. The average molecular weight is 455 g/mol. The lowest BCUT2D eigenvalue weighted by Crippen LogP contribution is -2.24. The van der Waals surface area contributed by atoms with Gasteiger partial charge < -0.3 is 18.9 Å². The standard InChI is InChI=1S/C27H21FN2O4/c1-14-9-22-20(12-19(14)16-5-6-16)24-18-3-2-8-29-26(18)34-27(33)25(24)30(22)13-17-10-15(11-23(31)32)4-7-21(17)28/h2-4,7-10,12,16H,5-6,11,13H2,1H3,(H,31,32)/p-1. The van der Waals surface area contributed by atoms with Crippen LogP contribution < -0.4 is 10.7 Å². The Balaban J connectivity index is 1.67. The number of hydrogen-bond donors (Lipinski definition) is 0. The van der Waals surface area contributed by atoms with E-state index in [1.165, 1.54) is 23.8 Å². The van der Waals surface area contributed by atoms with Crippen LogP contribution in [0.25, 0.3) is 32.9 Å². The molecular weight excluding hydrogens is 435 g/mol. The quantitative estimate of drug-likeness (QED) is 0.400. The zero-order chi connectivity index (χ0) is 23.6. The summed E-state index contributed by atoms with van der Waals surface area (Å²) in [5, 5.41) is 13.4. The van der Waals surface area contributed by atoms with Crippen LogP contribution in [0.3, 0.4) is 0 Å². The molecule has 0 spiro atoms. The van der Waals surface area contributed by atoms with E-state index in [1.807, 2.05) is 12.1 Å². The fourth-order valence-electron chi connectivity index (χ4n) is 4.99. The van der Waals surface area contributed by atoms with Crippen molar-refractivity contribution in [2.45, 2.75) is 38.6 Å². The Labute approximate surface area is 193 Å². The van der Waals surface area contributed by atoms with Gasteiger partial charge in [0.15, 0.2) is 0 Å². The van der Waals surface area contributed by atoms with Crippen molar-refractivity contribution in [1.82, 2.24) is 9.55 Å². The van der Waals surface area contributed by atoms with Crippen LogP contribution in [0.15, 0.2) is 57.9 Å². The normalized spacial score (nSPS) is 13.8. The summed E-state index contributed by atoms with van der Waals surface area (Å²) in [4.78, 5) is 28.5. The lowest BCUT2D eigenvalue weighted by molar-refractivity contribution is -0.304. The van der Waals surface area contributed by atoms with Crippen LogP contribution >= 0.6 is 0 Å². The highest BCUT2D eigenvalue weighted by atomic mass is 19.1. The van der Waals surface area contributed by atoms with Gasteiger partial charge in [-0.1, -0.05) is 12.1 Å². The summed E-state index contributed by atoms with van der Waals surface area (Å²) >= 11 is 0. The van der Waals surface area contributed by atoms with E-state index < -0.39 is 17.4 Å². The van der Waals surface area contributed by atoms with Crippen molar-refractivity contribution < 1.29 is 18.7 Å². The van der Waals surface area contributed by atoms with Crippen molar-refractivity contribution in [2.75, 3.05) is 0 Å². The number of benzene rings is 2. The fraction of sp³-hybridized carbons (Fsp3) is 0.222. The number of halogens is 1. The smallest absolute Gasteiger partial charge is 0.362 e. The first kappa shape index (κ1) is 20.6. The predicted molar refractivity (Wildman–Crippen MR) is 124 cm³/mol. The molecule has 7 heteroatoms. The van der Waals surface area contributed by atoms with Gasteiger partial charge in [0.25, 0.3) is 0 Å². The van der Waals surface area contributed by atoms with Crippen LogP contribution in [0.4, 0.5) is 4.39 Å². The number of carboxylic acids is 1. The predicted octanol–water partition coefficient (Wildman–Crippen LogP) is 3.96. The Morgan fingerprint density at radius 1 is 1.21 bits per heavy atom. The molecule has 0 saturated heterocycles. The highest BCUT2D eigenvalue weighted by molar-refractivity contribution is 6.18. The van der Waals surface area contributed by atoms with E-state index in [-0.39, 0.29) is 24.2 Å². The van der Waals surface area contributed by atoms with Crippen LogP contribution in [0, 0.1) is 12.7 Å². The molecule has 0 atom stereocenters. The van der Waals surface area contributed by atoms with Gasteiger partial charge in [-0.05, 0) is 72.7 Å². The molecule has 0 N–H and O–H groups in total. The number of rotatable bonds is 5. The number of aromatic nitrogens is 2. The molecule has 2 aromatic carbocycles. The summed E-state index contributed by atoms with van der Waals surface area (Å²) in [6.45, 7) is 2.10. The Morgan fingerprint density at radius 3 is 2.79 bits per heavy atom. The maximum atomic E-state index is 14.8. The molecule has 0 bridgehead atoms. The number of fused-ring (bicyclic) bond motifs is 5. The number of pyridine rings is 1. The van der Waals surface area contributed by atoms with Crippen LogP contribution in [-0.4, -0.2) is 15.5 Å². The SMILES string of the molecule is Cc1cc2c(cc1C1CC1)c1c3cccnc3oc(=O)c1n2Cc1cc(CC(=O)[O-])ccc1F. The maximum absolute atomic E-state index is 14.8. The second-order valence-electron chi connectivity index (χ2n) is 9.03. The summed E-state index contributed by atoms with van der Waals surface area (Å²) in [6, 6.07) is 12.1. The lowest BCUT2D eigenvalue weighted by Gasteiger charge is -2.12. The van der Waals surface area contributed by atoms with Crippen molar-refractivity contribution in [3.8, 4) is 0 Å². The van der Waals surface area contributed by atoms with Gasteiger partial charge in [-0.3, -0.25) is 0 Å². The molecule has 34 heavy (non-hydrogen) atoms. The van der Waals surface area contributed by atoms with E-state index in [9.17, 15) is 19.1 Å². The third-order valence-electron chi connectivity index (χ3n) is 6.68. The number of hydrogen-bond acceptors (Lipinski definition) is 5. The number of aryl methyl sites for hydroxylation is 1. The first-order chi connectivity index (χ1) is 16.4. The molecule has 1 aliphatic carbocycles. The molecule has 1 fully saturated rings. The fourth-order valence-corrected chi connectivity index (χ4v) is 4.99. The second kappa shape index (κ2) is 7.52. The molecule has 0 radical (unpaired) electrons. The molecule has 0 amide bonds. The number of carbonyl (C=O) groups is 1. The molecule has 6 rings (SSSR count). The second-order valence-corrected chi connectivity index (χ2v) is 9.03. The zero-order valence-electron chi connectivity index (χ0n) is 18.4. The van der Waals surface area contributed by atoms with Gasteiger partial charge in [0, 0.05) is 45.8 Å². The Kier molecular flexibility index (Phi) is 4.55. The number of carboxylic acid groups (broad SMARTS) is 1. The van der Waals surface area contributed by atoms with Crippen molar-refractivity contribution in [3.63, 3.8) is 0 Å². The summed E-state index contributed by atoms with van der Waals surface area (Å²) < 4.78 is 22.1. The molecule has 3 aromatic heterocycles. The van der Waals surface area contributed by atoms with E-state index in [2.05, 4.69) is 18.0 Å². The monoisotopic (exact) mass is 455 g/mol. The molecule has 0 aliphatic heterocycles. The van der Waals surface area contributed by atoms with Gasteiger partial charge >= 0.3 is 5.63 Å². The highest BCUT2D eigenvalue weighted by Gasteiger charge is 2.27. The molecule has 0 unspecified atom stereocenters. The first-order valence-electron chi connectivity index (χ1n) is 11.2. The van der Waals surface area contributed by atoms with Crippen molar-refractivity contribution in [3.05, 3.63) is 87.2 Å². The molecule has 1 saturated carbocycles. The summed E-state index contributed by atoms with van der Waals surface area (Å²) in [7, 11) is 0. The lowest BCUT2D eigenvalue weighted by atomic mass is 10.00. The minimum atomic E-state index is -1.24. The first-order valence-corrected chi connectivity index (χ1v) is 11.2. The Bertz CT molecular complexity index is 1690. The van der Waals surface area contributed by atoms with E-state index in [4.69, 9.17) is 4.42 Å². The van der Waals surface area contributed by atoms with Crippen molar-refractivity contribution in [1.29, 1.82) is 0 Å². The molecule has 5 aromatic rings. The summed E-state index contributed by atoms with van der Waals surface area (Å²) in [5.41, 5.74) is 3.95. The minimum Gasteiger partial charge on any atom is -0.550 e. The summed E-state index contributed by atoms with van der Waals surface area (Å²) in [6.07, 6.45) is 3.55. The number of nitrogens with zero attached hydrogens (tertiary/aromatic N) is 2. The number of carbonyl (C=O) groups excluding carboxylic acids is 1. The molecule has 170 valence electrons. The minimum absolute atomic E-state index is 0.0471. The third-order valence-corrected chi connectivity index (χ3v) is 6.68. The van der Waals surface area contributed by atoms with Crippen molar-refractivity contribution >= 4 is 38.9 Å². The Hall–Kier alpha value is -4.00. The van der Waals surface area contributed by atoms with Gasteiger partial charge in [-0.15, -0.1) is 0 Å². The number of aliphatic carboxylic acids is 1. The third kappa shape index (κ3) is 3.27. The van der Waals surface area contributed by atoms with E-state index >= 15 is 0 Å². The van der Waals surface area contributed by atoms with Crippen LogP contribution in [0.2, 0.25) is 0 Å². The highest BCUT2D eigenvalue weighted by Crippen LogP contribution is 2.44. The van der Waals surface area contributed by atoms with Gasteiger partial charge in [0.2, 0.25) is 5.71 Å². The van der Waals surface area contributed by atoms with Gasteiger partial charge in [0.1, 0.15) is 11.3 Å². The van der Waals surface area contributed by atoms with Gasteiger partial charge in [-0.25, -0.2) is 14.2 Å². The maximum Gasteiger partial charge on any atom is 0.362 e. The van der Waals surface area contributed by atoms with Crippen LogP contribution in [-0.2, 0) is 17.8 Å². The molecule has 1 aliphatic rings. The van der Waals surface area contributed by atoms with Crippen molar-refractivity contribution in [2.24, 2.45) is 0 Å². The van der Waals surface area contributed by atoms with Gasteiger partial charge in [0.05, 0.1) is 6.54 Å². The zero-order valence-corrected chi connectivity index (χ0v) is 18.4. The molecular formula is C27H20FN2O4-. The summed E-state index contributed by atoms with van der Waals surface area (Å²) in [5.74, 6) is -1.20. The van der Waals surface area contributed by atoms with E-state index in [0.29, 0.717) is 17.0 Å². The average Bonchev–Trinajstić information content (AvgIpc) is 3.59. The molecule has 3 heterocycles. The largest absolute Gasteiger partial charge is 0.550 e. The van der Waals surface area contributed by atoms with Crippen LogP contribution in [0.1, 0.15) is 41.0 Å². The van der Waals surface area contributed by atoms with Crippen LogP contribution in [0.5, 0.6) is 0 Å². The van der Waals surface area contributed by atoms with Gasteiger partial charge in [-0.2, -0.15) is 0 Å². The molecule has 6 nitrogen and oxygen atoms in total. The van der Waals surface area contributed by atoms with E-state index in [0.717, 1.165) is 40.1 Å². The topological polar surface area (TPSA) is 88.2 Å². The van der Waals surface area contributed by atoms with E-state index in [1.54, 1.807) is 16.8 Å².